The second-order valence-electron chi connectivity index (χ2n) is 6.62. The first kappa shape index (κ1) is 19.4. The summed E-state index contributed by atoms with van der Waals surface area (Å²) in [6.45, 7) is 13.4. The van der Waals surface area contributed by atoms with Crippen molar-refractivity contribution >= 4 is 24.7 Å². The Balaban J connectivity index is 3.03. The molecule has 4 nitrogen and oxygen atoms in total. The quantitative estimate of drug-likeness (QED) is 0.277. The van der Waals surface area contributed by atoms with E-state index >= 15 is 0 Å². The fraction of sp³-hybridized carbons (Fsp3) is 0.444. The van der Waals surface area contributed by atoms with Gasteiger partial charge in [-0.3, -0.25) is 5.43 Å². The van der Waals surface area contributed by atoms with Crippen LogP contribution in [0, 0.1) is 13.8 Å². The van der Waals surface area contributed by atoms with Gasteiger partial charge in [0, 0.05) is 7.05 Å². The van der Waals surface area contributed by atoms with Crippen LogP contribution in [0.3, 0.4) is 0 Å². The molecule has 0 amide bonds. The highest BCUT2D eigenvalue weighted by molar-refractivity contribution is 7.71. The molecule has 0 aliphatic rings. The zero-order valence-corrected chi connectivity index (χ0v) is 16.4. The molecule has 0 radical (unpaired) electrons. The Morgan fingerprint density at radius 1 is 1.30 bits per heavy atom. The Morgan fingerprint density at radius 2 is 1.91 bits per heavy atom. The van der Waals surface area contributed by atoms with E-state index < -0.39 is 6.89 Å². The van der Waals surface area contributed by atoms with E-state index in [1.54, 1.807) is 12.0 Å². The zero-order chi connectivity index (χ0) is 17.8. The molecule has 0 saturated heterocycles. The molecule has 0 saturated carbocycles. The van der Waals surface area contributed by atoms with E-state index in [9.17, 15) is 0 Å². The van der Waals surface area contributed by atoms with Crippen LogP contribution in [0.5, 0.6) is 0 Å². The van der Waals surface area contributed by atoms with Gasteiger partial charge in [0.2, 0.25) is 0 Å². The van der Waals surface area contributed by atoms with Crippen molar-refractivity contribution < 1.29 is 4.74 Å². The average molecular weight is 335 g/mol. The first-order valence-corrected chi connectivity index (χ1v) is 10.6. The average Bonchev–Trinajstić information content (AvgIpc) is 2.45. The van der Waals surface area contributed by atoms with E-state index in [4.69, 9.17) is 4.74 Å². The minimum Gasteiger partial charge on any atom is -0.483 e. The van der Waals surface area contributed by atoms with Gasteiger partial charge in [-0.2, -0.15) is 5.10 Å². The maximum atomic E-state index is 5.12. The molecular weight excluding hydrogens is 305 g/mol. The van der Waals surface area contributed by atoms with Gasteiger partial charge in [-0.1, -0.05) is 6.07 Å². The van der Waals surface area contributed by atoms with Gasteiger partial charge in [-0.25, -0.2) is 0 Å². The van der Waals surface area contributed by atoms with Crippen molar-refractivity contribution in [3.05, 3.63) is 41.3 Å². The summed E-state index contributed by atoms with van der Waals surface area (Å²) in [6, 6.07) is 4.40. The first-order valence-electron chi connectivity index (χ1n) is 7.59. The highest BCUT2D eigenvalue weighted by Gasteiger charge is 2.09. The smallest absolute Gasteiger partial charge is 0.186 e. The van der Waals surface area contributed by atoms with Gasteiger partial charge >= 0.3 is 0 Å². The number of nitrogens with zero attached hydrogens (tertiary/aromatic N) is 2. The molecular formula is C18H30N3OP. The molecule has 0 aromatic heterocycles. The molecule has 1 N–H and O–H groups in total. The topological polar surface area (TPSA) is 36.9 Å². The number of hydrogen-bond acceptors (Lipinski definition) is 3. The Morgan fingerprint density at radius 3 is 2.43 bits per heavy atom. The molecule has 0 atom stereocenters. The third-order valence-electron chi connectivity index (χ3n) is 3.71. The van der Waals surface area contributed by atoms with E-state index in [1.807, 2.05) is 14.0 Å². The predicted molar refractivity (Wildman–Crippen MR) is 106 cm³/mol. The number of amidine groups is 1. The number of benzene rings is 1. The van der Waals surface area contributed by atoms with Gasteiger partial charge in [0.1, 0.15) is 5.84 Å². The number of rotatable bonds is 6. The summed E-state index contributed by atoms with van der Waals surface area (Å²) in [5.74, 6) is 1.33. The number of hydrogen-bond donors (Lipinski definition) is 1. The lowest BCUT2D eigenvalue weighted by Gasteiger charge is -2.20. The zero-order valence-electron chi connectivity index (χ0n) is 15.5. The molecule has 0 fully saturated rings. The van der Waals surface area contributed by atoms with E-state index in [1.165, 1.54) is 16.7 Å². The lowest BCUT2D eigenvalue weighted by atomic mass is 10.1. The van der Waals surface area contributed by atoms with Gasteiger partial charge in [0.25, 0.3) is 0 Å². The number of hydrazone groups is 1. The van der Waals surface area contributed by atoms with Crippen LogP contribution in [0.15, 0.2) is 29.7 Å². The molecule has 23 heavy (non-hydrogen) atoms. The van der Waals surface area contributed by atoms with Crippen LogP contribution in [-0.4, -0.2) is 44.5 Å². The minimum absolute atomic E-state index is 0.554. The van der Waals surface area contributed by atoms with Crippen molar-refractivity contribution in [2.75, 3.05) is 32.9 Å². The summed E-state index contributed by atoms with van der Waals surface area (Å²) >= 11 is 0. The van der Waals surface area contributed by atoms with Crippen molar-refractivity contribution in [1.82, 2.24) is 4.90 Å². The summed E-state index contributed by atoms with van der Waals surface area (Å²) < 4.78 is 5.12. The van der Waals surface area contributed by atoms with E-state index in [0.29, 0.717) is 5.88 Å². The number of aryl methyl sites for hydroxylation is 2. The molecule has 1 aromatic carbocycles. The highest BCUT2D eigenvalue weighted by atomic mass is 31.2. The monoisotopic (exact) mass is 335 g/mol. The summed E-state index contributed by atoms with van der Waals surface area (Å²) in [4.78, 5) is 1.79. The van der Waals surface area contributed by atoms with Crippen molar-refractivity contribution in [2.45, 2.75) is 26.9 Å². The Kier molecular flexibility index (Phi) is 6.52. The number of anilines is 1. The van der Waals surface area contributed by atoms with Gasteiger partial charge in [-0.15, -0.1) is 13.2 Å². The molecule has 0 aliphatic carbocycles. The lowest BCUT2D eigenvalue weighted by molar-refractivity contribution is 0.220. The van der Waals surface area contributed by atoms with E-state index in [2.05, 4.69) is 62.7 Å². The molecule has 0 bridgehead atoms. The molecule has 5 heteroatoms. The van der Waals surface area contributed by atoms with Gasteiger partial charge in [-0.05, 0) is 69.6 Å². The predicted octanol–water partition coefficient (Wildman–Crippen LogP) is 4.31. The lowest BCUT2D eigenvalue weighted by Crippen LogP contribution is -2.24. The molecule has 1 rings (SSSR count). The Labute approximate surface area is 141 Å². The fourth-order valence-corrected chi connectivity index (χ4v) is 3.45. The van der Waals surface area contributed by atoms with E-state index in [0.717, 1.165) is 17.7 Å². The highest BCUT2D eigenvalue weighted by Crippen LogP contribution is 2.41. The summed E-state index contributed by atoms with van der Waals surface area (Å²) in [7, 11) is 3.47. The second-order valence-corrected chi connectivity index (χ2v) is 10.8. The van der Waals surface area contributed by atoms with Gasteiger partial charge in [0.05, 0.1) is 12.8 Å². The maximum Gasteiger partial charge on any atom is 0.186 e. The number of nitrogens with one attached hydrogen (secondary N) is 1. The third kappa shape index (κ3) is 5.80. The van der Waals surface area contributed by atoms with Crippen molar-refractivity contribution in [2.24, 2.45) is 5.10 Å². The molecule has 0 aliphatic heterocycles. The first-order chi connectivity index (χ1) is 10.5. The number of methoxy groups -OCH3 is 1. The fourth-order valence-electron chi connectivity index (χ4n) is 2.18. The molecule has 1 aromatic rings. The summed E-state index contributed by atoms with van der Waals surface area (Å²) in [5, 5.41) is 4.44. The van der Waals surface area contributed by atoms with Crippen LogP contribution >= 0.6 is 6.89 Å². The van der Waals surface area contributed by atoms with Gasteiger partial charge in [0.15, 0.2) is 5.88 Å². The van der Waals surface area contributed by atoms with Crippen LogP contribution < -0.4 is 5.43 Å². The van der Waals surface area contributed by atoms with Crippen LogP contribution in [0.1, 0.15) is 23.6 Å². The number of ether oxygens (including phenoxy) is 1. The van der Waals surface area contributed by atoms with Crippen molar-refractivity contribution in [3.8, 4) is 0 Å². The van der Waals surface area contributed by atoms with Crippen LogP contribution in [-0.2, 0) is 10.9 Å². The van der Waals surface area contributed by atoms with Crippen molar-refractivity contribution in [1.29, 1.82) is 0 Å². The van der Waals surface area contributed by atoms with Gasteiger partial charge < -0.3 is 9.64 Å². The molecule has 128 valence electrons. The summed E-state index contributed by atoms with van der Waals surface area (Å²) in [5.41, 5.74) is 8.02. The summed E-state index contributed by atoms with van der Waals surface area (Å²) in [6.07, 6.45) is 5.36. The van der Waals surface area contributed by atoms with Crippen LogP contribution in [0.4, 0.5) is 5.69 Å². The third-order valence-corrected chi connectivity index (χ3v) is 4.91. The Hall–Kier alpha value is -1.67. The SMILES string of the molecule is C=C(OC)N(C)/C(C)=N/Nc1cc(CP(=C)(C)C)c(C)cc1C. The molecule has 0 unspecified atom stereocenters. The second kappa shape index (κ2) is 7.74. The molecule has 0 heterocycles. The normalized spacial score (nSPS) is 12.0. The van der Waals surface area contributed by atoms with Crippen LogP contribution in [0.25, 0.3) is 0 Å². The van der Waals surface area contributed by atoms with Crippen LogP contribution in [0.2, 0.25) is 0 Å². The van der Waals surface area contributed by atoms with E-state index in [-0.39, 0.29) is 0 Å². The maximum absolute atomic E-state index is 5.12. The Bertz CT molecular complexity index is 658. The van der Waals surface area contributed by atoms with Crippen molar-refractivity contribution in [3.63, 3.8) is 0 Å². The molecule has 0 spiro atoms. The largest absolute Gasteiger partial charge is 0.483 e. The minimum atomic E-state index is -1.12. The standard InChI is InChI=1S/C18H30N3OP/c1-13-10-14(2)18(11-17(13)12-23(7,8)9)20-19-15(3)21(5)16(4)22-6/h10-11,20H,4,7,12H2,1-3,5-6,8-9H3/b19-15+.